The van der Waals surface area contributed by atoms with Gasteiger partial charge in [-0.1, -0.05) is 6.07 Å². The molecular formula is C21H33IN4O4. The Bertz CT molecular complexity index is 751. The van der Waals surface area contributed by atoms with E-state index in [0.29, 0.717) is 6.54 Å². The molecule has 2 aliphatic rings. The first-order chi connectivity index (χ1) is 13.8. The Hall–Kier alpha value is -1.91. The van der Waals surface area contributed by atoms with E-state index in [9.17, 15) is 4.79 Å². The molecule has 0 spiro atoms. The van der Waals surface area contributed by atoms with Gasteiger partial charge in [0.1, 0.15) is 5.60 Å². The van der Waals surface area contributed by atoms with Crippen molar-refractivity contribution < 1.29 is 19.0 Å². The minimum Gasteiger partial charge on any atom is -0.454 e. The number of likely N-dealkylation sites (tertiary alicyclic amines) is 1. The van der Waals surface area contributed by atoms with Gasteiger partial charge in [-0.25, -0.2) is 4.79 Å². The van der Waals surface area contributed by atoms with Gasteiger partial charge >= 0.3 is 6.09 Å². The van der Waals surface area contributed by atoms with Crippen molar-refractivity contribution in [3.63, 3.8) is 0 Å². The molecule has 1 fully saturated rings. The van der Waals surface area contributed by atoms with Gasteiger partial charge in [0.2, 0.25) is 6.79 Å². The molecule has 2 aliphatic heterocycles. The summed E-state index contributed by atoms with van der Waals surface area (Å²) in [7, 11) is 0. The zero-order valence-electron chi connectivity index (χ0n) is 18.2. The number of rotatable bonds is 5. The Labute approximate surface area is 195 Å². The molecule has 1 aromatic carbocycles. The summed E-state index contributed by atoms with van der Waals surface area (Å²) in [4.78, 5) is 19.0. The van der Waals surface area contributed by atoms with Crippen LogP contribution in [0.1, 0.15) is 39.7 Å². The summed E-state index contributed by atoms with van der Waals surface area (Å²) in [6.07, 6.45) is 1.32. The normalized spacial score (nSPS) is 18.1. The summed E-state index contributed by atoms with van der Waals surface area (Å²) in [6.45, 7) is 11.0. The molecule has 2 N–H and O–H groups in total. The van der Waals surface area contributed by atoms with E-state index in [0.717, 1.165) is 49.9 Å². The van der Waals surface area contributed by atoms with Crippen molar-refractivity contribution >= 4 is 36.0 Å². The number of halogens is 1. The Kier molecular flexibility index (Phi) is 8.87. The summed E-state index contributed by atoms with van der Waals surface area (Å²) >= 11 is 0. The first-order valence-corrected chi connectivity index (χ1v) is 10.3. The van der Waals surface area contributed by atoms with E-state index in [1.165, 1.54) is 5.56 Å². The molecule has 1 amide bonds. The quantitative estimate of drug-likeness (QED) is 0.345. The fourth-order valence-electron chi connectivity index (χ4n) is 3.36. The highest BCUT2D eigenvalue weighted by atomic mass is 127. The number of nitrogens with zero attached hydrogens (tertiary/aromatic N) is 2. The van der Waals surface area contributed by atoms with Gasteiger partial charge in [0.05, 0.1) is 6.04 Å². The summed E-state index contributed by atoms with van der Waals surface area (Å²) < 4.78 is 16.1. The molecule has 30 heavy (non-hydrogen) atoms. The molecule has 0 bridgehead atoms. The van der Waals surface area contributed by atoms with Crippen LogP contribution in [0.2, 0.25) is 0 Å². The van der Waals surface area contributed by atoms with Crippen molar-refractivity contribution in [2.24, 2.45) is 4.99 Å². The summed E-state index contributed by atoms with van der Waals surface area (Å²) in [5.74, 6) is 2.47. The minimum atomic E-state index is -0.493. The summed E-state index contributed by atoms with van der Waals surface area (Å²) in [5, 5.41) is 6.31. The average molecular weight is 532 g/mol. The molecule has 0 radical (unpaired) electrons. The lowest BCUT2D eigenvalue weighted by molar-refractivity contribution is 0.0507. The number of aliphatic imine (C=N–C) groups is 1. The molecule has 8 nitrogen and oxygen atoms in total. The zero-order chi connectivity index (χ0) is 20.9. The maximum Gasteiger partial charge on any atom is 0.407 e. The van der Waals surface area contributed by atoms with Crippen molar-refractivity contribution in [3.05, 3.63) is 23.8 Å². The first-order valence-electron chi connectivity index (χ1n) is 10.3. The van der Waals surface area contributed by atoms with E-state index in [-0.39, 0.29) is 42.9 Å². The lowest BCUT2D eigenvalue weighted by Gasteiger charge is -2.23. The predicted octanol–water partition coefficient (Wildman–Crippen LogP) is 3.14. The molecule has 0 saturated carbocycles. The molecule has 9 heteroatoms. The topological polar surface area (TPSA) is 84.4 Å². The van der Waals surface area contributed by atoms with Crippen molar-refractivity contribution in [3.8, 4) is 11.5 Å². The predicted molar refractivity (Wildman–Crippen MR) is 127 cm³/mol. The molecule has 1 aromatic rings. The van der Waals surface area contributed by atoms with E-state index >= 15 is 0 Å². The molecule has 1 unspecified atom stereocenters. The van der Waals surface area contributed by atoms with Crippen LogP contribution in [0.5, 0.6) is 11.5 Å². The smallest absolute Gasteiger partial charge is 0.407 e. The van der Waals surface area contributed by atoms with Crippen molar-refractivity contribution in [2.45, 2.75) is 52.2 Å². The molecule has 0 aromatic heterocycles. The van der Waals surface area contributed by atoms with Crippen LogP contribution in [0.3, 0.4) is 0 Å². The van der Waals surface area contributed by atoms with Crippen LogP contribution in [-0.4, -0.2) is 61.6 Å². The number of carbonyl (C=O) groups is 1. The Morgan fingerprint density at radius 2 is 2.07 bits per heavy atom. The van der Waals surface area contributed by atoms with Gasteiger partial charge in [0.15, 0.2) is 17.5 Å². The van der Waals surface area contributed by atoms with Gasteiger partial charge in [0, 0.05) is 26.2 Å². The Morgan fingerprint density at radius 3 is 2.80 bits per heavy atom. The Balaban J connectivity index is 0.00000320. The Morgan fingerprint density at radius 1 is 1.30 bits per heavy atom. The maximum atomic E-state index is 12.0. The van der Waals surface area contributed by atoms with E-state index in [1.54, 1.807) is 0 Å². The third-order valence-corrected chi connectivity index (χ3v) is 4.64. The summed E-state index contributed by atoms with van der Waals surface area (Å²) in [5.41, 5.74) is 0.674. The third-order valence-electron chi connectivity index (χ3n) is 4.64. The van der Waals surface area contributed by atoms with E-state index in [1.807, 2.05) is 39.0 Å². The van der Waals surface area contributed by atoms with E-state index < -0.39 is 5.60 Å². The van der Waals surface area contributed by atoms with Gasteiger partial charge < -0.3 is 29.7 Å². The van der Waals surface area contributed by atoms with E-state index in [4.69, 9.17) is 19.2 Å². The molecule has 168 valence electrons. The number of nitrogens with one attached hydrogen (secondary N) is 2. The van der Waals surface area contributed by atoms with Gasteiger partial charge in [-0.05, 0) is 58.2 Å². The third kappa shape index (κ3) is 7.10. The number of hydrogen-bond donors (Lipinski definition) is 2. The van der Waals surface area contributed by atoms with Crippen LogP contribution in [-0.2, 0) is 11.2 Å². The maximum absolute atomic E-state index is 12.0. The number of fused-ring (bicyclic) bond motifs is 1. The molecule has 1 saturated heterocycles. The van der Waals surface area contributed by atoms with Crippen LogP contribution in [0, 0.1) is 0 Å². The number of carbonyl (C=O) groups excluding carboxylic acids is 1. The lowest BCUT2D eigenvalue weighted by atomic mass is 10.1. The highest BCUT2D eigenvalue weighted by Crippen LogP contribution is 2.32. The van der Waals surface area contributed by atoms with Crippen LogP contribution in [0.4, 0.5) is 4.79 Å². The molecular weight excluding hydrogens is 499 g/mol. The van der Waals surface area contributed by atoms with Crippen LogP contribution >= 0.6 is 24.0 Å². The van der Waals surface area contributed by atoms with Gasteiger partial charge in [-0.2, -0.15) is 0 Å². The molecule has 1 atom stereocenters. The van der Waals surface area contributed by atoms with Gasteiger partial charge in [-0.3, -0.25) is 4.99 Å². The summed E-state index contributed by atoms with van der Waals surface area (Å²) in [6, 6.07) is 6.07. The zero-order valence-corrected chi connectivity index (χ0v) is 20.5. The van der Waals surface area contributed by atoms with Crippen LogP contribution in [0.25, 0.3) is 0 Å². The number of amides is 1. The number of guanidine groups is 1. The van der Waals surface area contributed by atoms with Crippen LogP contribution < -0.4 is 20.1 Å². The van der Waals surface area contributed by atoms with E-state index in [2.05, 4.69) is 22.5 Å². The fraction of sp³-hybridized carbons (Fsp3) is 0.619. The number of benzene rings is 1. The largest absolute Gasteiger partial charge is 0.454 e. The molecule has 0 aliphatic carbocycles. The highest BCUT2D eigenvalue weighted by Gasteiger charge is 2.27. The van der Waals surface area contributed by atoms with Crippen molar-refractivity contribution in [1.29, 1.82) is 0 Å². The fourth-order valence-corrected chi connectivity index (χ4v) is 3.36. The van der Waals surface area contributed by atoms with Gasteiger partial charge in [0.25, 0.3) is 0 Å². The van der Waals surface area contributed by atoms with Gasteiger partial charge in [-0.15, -0.1) is 24.0 Å². The van der Waals surface area contributed by atoms with Crippen LogP contribution in [0.15, 0.2) is 23.2 Å². The lowest BCUT2D eigenvalue weighted by Crippen LogP contribution is -2.44. The average Bonchev–Trinajstić information content (AvgIpc) is 3.28. The number of alkyl carbamates (subject to hydrolysis) is 1. The minimum absolute atomic E-state index is 0. The van der Waals surface area contributed by atoms with Crippen molar-refractivity contribution in [1.82, 2.24) is 15.5 Å². The second kappa shape index (κ2) is 10.9. The highest BCUT2D eigenvalue weighted by molar-refractivity contribution is 14.0. The monoisotopic (exact) mass is 532 g/mol. The second-order valence-corrected chi connectivity index (χ2v) is 8.25. The molecule has 2 heterocycles. The second-order valence-electron chi connectivity index (χ2n) is 8.25. The molecule has 3 rings (SSSR count). The SMILES string of the molecule is CCNC(=NCCc1ccc2c(c1)OCO2)N1CCC(NC(=O)OC(C)(C)C)C1.I. The first kappa shape index (κ1) is 24.4. The number of hydrogen-bond acceptors (Lipinski definition) is 5. The number of ether oxygens (including phenoxy) is 3. The standard InChI is InChI=1S/C21H32N4O4.HI/c1-5-22-19(23-10-8-15-6-7-17-18(12-15)28-14-27-17)25-11-9-16(13-25)24-20(26)29-21(2,3)4;/h6-7,12,16H,5,8-11,13-14H2,1-4H3,(H,22,23)(H,24,26);1H. The van der Waals surface area contributed by atoms with Crippen molar-refractivity contribution in [2.75, 3.05) is 33.0 Å².